The second-order valence-electron chi connectivity index (χ2n) is 5.53. The van der Waals surface area contributed by atoms with Gasteiger partial charge in [0.15, 0.2) is 0 Å². The molecule has 2 aromatic heterocycles. The Morgan fingerprint density at radius 1 is 1.25 bits per heavy atom. The summed E-state index contributed by atoms with van der Waals surface area (Å²) in [6.45, 7) is 11.2. The topological polar surface area (TPSA) is 47.7 Å². The van der Waals surface area contributed by atoms with Crippen molar-refractivity contribution in [1.82, 2.24) is 24.9 Å². The maximum absolute atomic E-state index is 4.52. The summed E-state index contributed by atoms with van der Waals surface area (Å²) in [6, 6.07) is 0.412. The van der Waals surface area contributed by atoms with E-state index in [1.54, 1.807) is 0 Å². The molecule has 0 bridgehead atoms. The summed E-state index contributed by atoms with van der Waals surface area (Å²) in [6.07, 6.45) is 7.30. The molecule has 2 heterocycles. The molecule has 0 radical (unpaired) electrons. The Balaban J connectivity index is 1.85. The van der Waals surface area contributed by atoms with Crippen molar-refractivity contribution < 1.29 is 0 Å². The summed E-state index contributed by atoms with van der Waals surface area (Å²) in [4.78, 5) is 0. The standard InChI is InChI=1S/C15H25N5/c1-5-6-19-10-14(8-17-19)7-16-9-15-11-20(12(2)3)18-13(15)4/h8,10-12,16H,5-7,9H2,1-4H3. The van der Waals surface area contributed by atoms with Crippen molar-refractivity contribution in [2.45, 2.75) is 59.8 Å². The van der Waals surface area contributed by atoms with Crippen LogP contribution in [0.1, 0.15) is 50.1 Å². The van der Waals surface area contributed by atoms with Crippen molar-refractivity contribution >= 4 is 0 Å². The third-order valence-corrected chi connectivity index (χ3v) is 3.33. The molecule has 1 N–H and O–H groups in total. The van der Waals surface area contributed by atoms with Gasteiger partial charge in [0.25, 0.3) is 0 Å². The largest absolute Gasteiger partial charge is 0.308 e. The molecule has 20 heavy (non-hydrogen) atoms. The first-order valence-electron chi connectivity index (χ1n) is 7.36. The highest BCUT2D eigenvalue weighted by Gasteiger charge is 2.06. The predicted molar refractivity (Wildman–Crippen MR) is 80.4 cm³/mol. The van der Waals surface area contributed by atoms with Crippen molar-refractivity contribution in [3.05, 3.63) is 35.4 Å². The maximum atomic E-state index is 4.52. The Morgan fingerprint density at radius 3 is 2.70 bits per heavy atom. The summed E-state index contributed by atoms with van der Waals surface area (Å²) in [5.74, 6) is 0. The van der Waals surface area contributed by atoms with E-state index in [1.807, 2.05) is 15.6 Å². The maximum Gasteiger partial charge on any atom is 0.0638 e. The van der Waals surface area contributed by atoms with Gasteiger partial charge in [-0.05, 0) is 27.2 Å². The summed E-state index contributed by atoms with van der Waals surface area (Å²) in [5, 5.41) is 12.3. The molecular formula is C15H25N5. The quantitative estimate of drug-likeness (QED) is 0.845. The van der Waals surface area contributed by atoms with Crippen LogP contribution in [-0.4, -0.2) is 19.6 Å². The highest BCUT2D eigenvalue weighted by atomic mass is 15.3. The lowest BCUT2D eigenvalue weighted by Crippen LogP contribution is -2.12. The minimum absolute atomic E-state index is 0.412. The zero-order valence-electron chi connectivity index (χ0n) is 12.9. The molecule has 0 spiro atoms. The SMILES string of the molecule is CCCn1cc(CNCc2cn(C(C)C)nc2C)cn1. The van der Waals surface area contributed by atoms with Crippen molar-refractivity contribution in [2.75, 3.05) is 0 Å². The number of nitrogens with zero attached hydrogens (tertiary/aromatic N) is 4. The lowest BCUT2D eigenvalue weighted by Gasteiger charge is -2.03. The fourth-order valence-electron chi connectivity index (χ4n) is 2.15. The first kappa shape index (κ1) is 14.8. The second kappa shape index (κ2) is 6.70. The first-order valence-corrected chi connectivity index (χ1v) is 7.36. The van der Waals surface area contributed by atoms with Crippen LogP contribution in [0.25, 0.3) is 0 Å². The highest BCUT2D eigenvalue weighted by Crippen LogP contribution is 2.10. The predicted octanol–water partition coefficient (Wildman–Crippen LogP) is 2.67. The number of hydrogen-bond donors (Lipinski definition) is 1. The van der Waals surface area contributed by atoms with Crippen LogP contribution in [0.5, 0.6) is 0 Å². The molecule has 0 fully saturated rings. The molecule has 5 heteroatoms. The van der Waals surface area contributed by atoms with Gasteiger partial charge >= 0.3 is 0 Å². The molecule has 5 nitrogen and oxygen atoms in total. The molecule has 0 amide bonds. The molecule has 0 atom stereocenters. The van der Waals surface area contributed by atoms with Crippen LogP contribution in [0.3, 0.4) is 0 Å². The fraction of sp³-hybridized carbons (Fsp3) is 0.600. The molecule has 0 aliphatic rings. The van der Waals surface area contributed by atoms with Crippen molar-refractivity contribution in [3.8, 4) is 0 Å². The fourth-order valence-corrected chi connectivity index (χ4v) is 2.15. The van der Waals surface area contributed by atoms with E-state index in [2.05, 4.69) is 55.6 Å². The van der Waals surface area contributed by atoms with Crippen LogP contribution in [0.4, 0.5) is 0 Å². The van der Waals surface area contributed by atoms with E-state index in [9.17, 15) is 0 Å². The van der Waals surface area contributed by atoms with Crippen molar-refractivity contribution in [1.29, 1.82) is 0 Å². The van der Waals surface area contributed by atoms with Gasteiger partial charge in [-0.1, -0.05) is 6.92 Å². The number of aryl methyl sites for hydroxylation is 2. The summed E-state index contributed by atoms with van der Waals surface area (Å²) in [7, 11) is 0. The van der Waals surface area contributed by atoms with E-state index in [1.165, 1.54) is 11.1 Å². The monoisotopic (exact) mass is 275 g/mol. The van der Waals surface area contributed by atoms with Gasteiger partial charge in [-0.25, -0.2) is 0 Å². The Bertz CT molecular complexity index is 538. The van der Waals surface area contributed by atoms with Gasteiger partial charge in [0.2, 0.25) is 0 Å². The molecule has 0 saturated heterocycles. The Labute approximate surface area is 121 Å². The van der Waals surface area contributed by atoms with Gasteiger partial charge < -0.3 is 5.32 Å². The van der Waals surface area contributed by atoms with Gasteiger partial charge in [0, 0.05) is 49.2 Å². The number of rotatable bonds is 7. The number of aromatic nitrogens is 4. The van der Waals surface area contributed by atoms with E-state index in [0.717, 1.165) is 31.7 Å². The molecule has 0 aliphatic heterocycles. The van der Waals surface area contributed by atoms with E-state index in [0.29, 0.717) is 6.04 Å². The van der Waals surface area contributed by atoms with Crippen LogP contribution < -0.4 is 5.32 Å². The van der Waals surface area contributed by atoms with E-state index in [-0.39, 0.29) is 0 Å². The summed E-state index contributed by atoms with van der Waals surface area (Å²) >= 11 is 0. The molecule has 2 aromatic rings. The average Bonchev–Trinajstić information content (AvgIpc) is 2.98. The minimum atomic E-state index is 0.412. The van der Waals surface area contributed by atoms with Crippen LogP contribution in [0, 0.1) is 6.92 Å². The zero-order chi connectivity index (χ0) is 14.5. The Hall–Kier alpha value is -1.62. The van der Waals surface area contributed by atoms with Gasteiger partial charge in [-0.3, -0.25) is 9.36 Å². The lowest BCUT2D eigenvalue weighted by molar-refractivity contribution is 0.528. The van der Waals surface area contributed by atoms with Crippen LogP contribution in [0.15, 0.2) is 18.6 Å². The molecule has 0 saturated carbocycles. The third-order valence-electron chi connectivity index (χ3n) is 3.33. The molecule has 110 valence electrons. The first-order chi connectivity index (χ1) is 9.60. The van der Waals surface area contributed by atoms with Crippen molar-refractivity contribution in [3.63, 3.8) is 0 Å². The molecule has 2 rings (SSSR count). The molecule has 0 aromatic carbocycles. The third kappa shape index (κ3) is 3.70. The van der Waals surface area contributed by atoms with Crippen LogP contribution >= 0.6 is 0 Å². The summed E-state index contributed by atoms with van der Waals surface area (Å²) in [5.41, 5.74) is 3.60. The van der Waals surface area contributed by atoms with Crippen molar-refractivity contribution in [2.24, 2.45) is 0 Å². The zero-order valence-corrected chi connectivity index (χ0v) is 12.9. The average molecular weight is 275 g/mol. The van der Waals surface area contributed by atoms with Crippen LogP contribution in [-0.2, 0) is 19.6 Å². The molecule has 0 aliphatic carbocycles. The van der Waals surface area contributed by atoms with Gasteiger partial charge in [-0.2, -0.15) is 10.2 Å². The Kier molecular flexibility index (Phi) is 4.95. The van der Waals surface area contributed by atoms with E-state index < -0.39 is 0 Å². The molecular weight excluding hydrogens is 250 g/mol. The normalized spacial score (nSPS) is 11.4. The Morgan fingerprint density at radius 2 is 2.05 bits per heavy atom. The van der Waals surface area contributed by atoms with Gasteiger partial charge in [-0.15, -0.1) is 0 Å². The number of nitrogens with one attached hydrogen (secondary N) is 1. The van der Waals surface area contributed by atoms with E-state index in [4.69, 9.17) is 0 Å². The second-order valence-corrected chi connectivity index (χ2v) is 5.53. The van der Waals surface area contributed by atoms with Crippen LogP contribution in [0.2, 0.25) is 0 Å². The highest BCUT2D eigenvalue weighted by molar-refractivity contribution is 5.15. The smallest absolute Gasteiger partial charge is 0.0638 e. The van der Waals surface area contributed by atoms with Gasteiger partial charge in [0.05, 0.1) is 11.9 Å². The number of hydrogen-bond acceptors (Lipinski definition) is 3. The lowest BCUT2D eigenvalue weighted by atomic mass is 10.2. The minimum Gasteiger partial charge on any atom is -0.308 e. The van der Waals surface area contributed by atoms with E-state index >= 15 is 0 Å². The summed E-state index contributed by atoms with van der Waals surface area (Å²) < 4.78 is 4.02. The molecule has 0 unspecified atom stereocenters. The van der Waals surface area contributed by atoms with Gasteiger partial charge in [0.1, 0.15) is 0 Å².